The molecule has 4 nitrogen and oxygen atoms in total. The molecule has 0 aliphatic rings. The average Bonchev–Trinajstić information content (AvgIpc) is 2.61. The highest BCUT2D eigenvalue weighted by Crippen LogP contribution is 2.11. The second kappa shape index (κ2) is 5.88. The number of rotatable bonds is 6. The van der Waals surface area contributed by atoms with E-state index in [1.54, 1.807) is 7.11 Å². The van der Waals surface area contributed by atoms with Crippen LogP contribution in [0.15, 0.2) is 12.3 Å². The standard InChI is InChI=1S/C11H21N3O/c1-9(6-8-15-4)13-10(2)11-5-7-12-14(11)3/h5,7,9-10,13H,6,8H2,1-4H3. The zero-order chi connectivity index (χ0) is 11.3. The fourth-order valence-corrected chi connectivity index (χ4v) is 1.70. The molecule has 0 aliphatic heterocycles. The van der Waals surface area contributed by atoms with Crippen molar-refractivity contribution >= 4 is 0 Å². The van der Waals surface area contributed by atoms with Crippen LogP contribution in [-0.2, 0) is 11.8 Å². The van der Waals surface area contributed by atoms with E-state index in [-0.39, 0.29) is 0 Å². The molecule has 86 valence electrons. The SMILES string of the molecule is COCCC(C)NC(C)c1ccnn1C. The number of hydrogen-bond donors (Lipinski definition) is 1. The van der Waals surface area contributed by atoms with Gasteiger partial charge in [-0.1, -0.05) is 0 Å². The predicted octanol–water partition coefficient (Wildman–Crippen LogP) is 1.50. The molecule has 1 heterocycles. The number of nitrogens with one attached hydrogen (secondary N) is 1. The maximum atomic E-state index is 5.05. The first-order chi connectivity index (χ1) is 7.15. The van der Waals surface area contributed by atoms with Crippen molar-refractivity contribution in [2.45, 2.75) is 32.4 Å². The fraction of sp³-hybridized carbons (Fsp3) is 0.727. The van der Waals surface area contributed by atoms with E-state index in [9.17, 15) is 0 Å². The summed E-state index contributed by atoms with van der Waals surface area (Å²) in [5, 5.41) is 7.68. The first-order valence-electron chi connectivity index (χ1n) is 5.38. The van der Waals surface area contributed by atoms with Crippen LogP contribution in [0.4, 0.5) is 0 Å². The third-order valence-electron chi connectivity index (χ3n) is 2.59. The minimum atomic E-state index is 0.323. The van der Waals surface area contributed by atoms with E-state index in [0.29, 0.717) is 12.1 Å². The third-order valence-corrected chi connectivity index (χ3v) is 2.59. The smallest absolute Gasteiger partial charge is 0.0547 e. The molecule has 0 aromatic carbocycles. The maximum absolute atomic E-state index is 5.05. The van der Waals surface area contributed by atoms with Crippen LogP contribution in [0, 0.1) is 0 Å². The zero-order valence-corrected chi connectivity index (χ0v) is 10.0. The molecule has 1 N–H and O–H groups in total. The molecule has 0 saturated carbocycles. The molecular weight excluding hydrogens is 190 g/mol. The van der Waals surface area contributed by atoms with Crippen molar-refractivity contribution in [3.63, 3.8) is 0 Å². The molecule has 0 bridgehead atoms. The van der Waals surface area contributed by atoms with Crippen molar-refractivity contribution in [3.05, 3.63) is 18.0 Å². The Hall–Kier alpha value is -0.870. The highest BCUT2D eigenvalue weighted by atomic mass is 16.5. The van der Waals surface area contributed by atoms with E-state index in [1.165, 1.54) is 5.69 Å². The fourth-order valence-electron chi connectivity index (χ4n) is 1.70. The van der Waals surface area contributed by atoms with E-state index >= 15 is 0 Å². The maximum Gasteiger partial charge on any atom is 0.0547 e. The van der Waals surface area contributed by atoms with Crippen molar-refractivity contribution in [2.24, 2.45) is 7.05 Å². The van der Waals surface area contributed by atoms with Gasteiger partial charge in [-0.15, -0.1) is 0 Å². The molecule has 4 heteroatoms. The van der Waals surface area contributed by atoms with Crippen LogP contribution in [-0.4, -0.2) is 29.5 Å². The summed E-state index contributed by atoms with van der Waals surface area (Å²) < 4.78 is 6.95. The van der Waals surface area contributed by atoms with Gasteiger partial charge in [0.2, 0.25) is 0 Å². The topological polar surface area (TPSA) is 39.1 Å². The van der Waals surface area contributed by atoms with Gasteiger partial charge in [0, 0.05) is 39.0 Å². The summed E-state index contributed by atoms with van der Waals surface area (Å²) in [6.07, 6.45) is 2.85. The summed E-state index contributed by atoms with van der Waals surface area (Å²) in [6, 6.07) is 2.82. The first kappa shape index (κ1) is 12.2. The lowest BCUT2D eigenvalue weighted by atomic mass is 10.2. The van der Waals surface area contributed by atoms with E-state index in [2.05, 4.69) is 24.3 Å². The molecule has 0 aliphatic carbocycles. The van der Waals surface area contributed by atoms with E-state index < -0.39 is 0 Å². The normalized spacial score (nSPS) is 15.2. The second-order valence-electron chi connectivity index (χ2n) is 3.95. The number of methoxy groups -OCH3 is 1. The van der Waals surface area contributed by atoms with Gasteiger partial charge in [0.15, 0.2) is 0 Å². The molecule has 0 spiro atoms. The van der Waals surface area contributed by atoms with Crippen molar-refractivity contribution in [2.75, 3.05) is 13.7 Å². The van der Waals surface area contributed by atoms with Gasteiger partial charge in [0.25, 0.3) is 0 Å². The van der Waals surface area contributed by atoms with Gasteiger partial charge in [-0.05, 0) is 26.3 Å². The zero-order valence-electron chi connectivity index (χ0n) is 10.0. The molecule has 2 unspecified atom stereocenters. The van der Waals surface area contributed by atoms with E-state index in [4.69, 9.17) is 4.74 Å². The van der Waals surface area contributed by atoms with Crippen LogP contribution in [0.5, 0.6) is 0 Å². The van der Waals surface area contributed by atoms with Crippen LogP contribution >= 0.6 is 0 Å². The molecule has 0 saturated heterocycles. The molecule has 0 radical (unpaired) electrons. The molecule has 1 aromatic rings. The predicted molar refractivity (Wildman–Crippen MR) is 60.7 cm³/mol. The van der Waals surface area contributed by atoms with Crippen molar-refractivity contribution in [3.8, 4) is 0 Å². The molecular formula is C11H21N3O. The van der Waals surface area contributed by atoms with E-state index in [0.717, 1.165) is 13.0 Å². The molecule has 15 heavy (non-hydrogen) atoms. The van der Waals surface area contributed by atoms with Gasteiger partial charge in [-0.3, -0.25) is 4.68 Å². The largest absolute Gasteiger partial charge is 0.385 e. The summed E-state index contributed by atoms with van der Waals surface area (Å²) >= 11 is 0. The van der Waals surface area contributed by atoms with E-state index in [1.807, 2.05) is 24.0 Å². The van der Waals surface area contributed by atoms with Crippen LogP contribution in [0.3, 0.4) is 0 Å². The summed E-state index contributed by atoms with van der Waals surface area (Å²) in [7, 11) is 3.70. The molecule has 0 fully saturated rings. The lowest BCUT2D eigenvalue weighted by molar-refractivity contribution is 0.183. The minimum Gasteiger partial charge on any atom is -0.385 e. The number of ether oxygens (including phenoxy) is 1. The van der Waals surface area contributed by atoms with Crippen LogP contribution in [0.25, 0.3) is 0 Å². The Balaban J connectivity index is 2.42. The van der Waals surface area contributed by atoms with Gasteiger partial charge in [0.05, 0.1) is 5.69 Å². The Bertz CT molecular complexity index is 285. The quantitative estimate of drug-likeness (QED) is 0.775. The number of aromatic nitrogens is 2. The van der Waals surface area contributed by atoms with Crippen LogP contribution in [0.2, 0.25) is 0 Å². The highest BCUT2D eigenvalue weighted by Gasteiger charge is 2.11. The van der Waals surface area contributed by atoms with Crippen molar-refractivity contribution in [1.82, 2.24) is 15.1 Å². The Morgan fingerprint density at radius 3 is 2.80 bits per heavy atom. The lowest BCUT2D eigenvalue weighted by Crippen LogP contribution is -2.30. The van der Waals surface area contributed by atoms with Gasteiger partial charge in [0.1, 0.15) is 0 Å². The van der Waals surface area contributed by atoms with Gasteiger partial charge in [-0.2, -0.15) is 5.10 Å². The minimum absolute atomic E-state index is 0.323. The molecule has 1 rings (SSSR count). The monoisotopic (exact) mass is 211 g/mol. The van der Waals surface area contributed by atoms with Gasteiger partial charge >= 0.3 is 0 Å². The Morgan fingerprint density at radius 1 is 1.53 bits per heavy atom. The number of nitrogens with zero attached hydrogens (tertiary/aromatic N) is 2. The lowest BCUT2D eigenvalue weighted by Gasteiger charge is -2.19. The number of hydrogen-bond acceptors (Lipinski definition) is 3. The van der Waals surface area contributed by atoms with Gasteiger partial charge < -0.3 is 10.1 Å². The highest BCUT2D eigenvalue weighted by molar-refractivity contribution is 5.05. The summed E-state index contributed by atoms with van der Waals surface area (Å²) in [5.41, 5.74) is 1.21. The molecule has 0 amide bonds. The van der Waals surface area contributed by atoms with Crippen LogP contribution < -0.4 is 5.32 Å². The van der Waals surface area contributed by atoms with Crippen molar-refractivity contribution < 1.29 is 4.74 Å². The second-order valence-corrected chi connectivity index (χ2v) is 3.95. The first-order valence-corrected chi connectivity index (χ1v) is 5.38. The van der Waals surface area contributed by atoms with Crippen LogP contribution in [0.1, 0.15) is 32.0 Å². The Kier molecular flexibility index (Phi) is 4.78. The van der Waals surface area contributed by atoms with Gasteiger partial charge in [-0.25, -0.2) is 0 Å². The third kappa shape index (κ3) is 3.64. The molecule has 1 aromatic heterocycles. The Morgan fingerprint density at radius 2 is 2.27 bits per heavy atom. The summed E-state index contributed by atoms with van der Waals surface area (Å²) in [4.78, 5) is 0. The number of aryl methyl sites for hydroxylation is 1. The molecule has 2 atom stereocenters. The summed E-state index contributed by atoms with van der Waals surface area (Å²) in [5.74, 6) is 0. The van der Waals surface area contributed by atoms with Crippen molar-refractivity contribution in [1.29, 1.82) is 0 Å². The summed E-state index contributed by atoms with van der Waals surface area (Å²) in [6.45, 7) is 5.12. The average molecular weight is 211 g/mol. The Labute approximate surface area is 91.6 Å².